The Labute approximate surface area is 134 Å². The largest absolute Gasteiger partial charge is 0.496 e. The third kappa shape index (κ3) is 3.45. The molecule has 0 aromatic heterocycles. The number of carbonyl (C=O) groups is 1. The molecule has 1 fully saturated rings. The van der Waals surface area contributed by atoms with E-state index in [0.29, 0.717) is 0 Å². The summed E-state index contributed by atoms with van der Waals surface area (Å²) < 4.78 is 6.01. The highest BCUT2D eigenvalue weighted by Gasteiger charge is 2.39. The Morgan fingerprint density at radius 3 is 2.80 bits per heavy atom. The van der Waals surface area contributed by atoms with E-state index in [4.69, 9.17) is 4.74 Å². The second-order valence-electron chi connectivity index (χ2n) is 4.77. The molecule has 0 radical (unpaired) electrons. The number of halogens is 2. The molecule has 1 atom stereocenters. The fourth-order valence-corrected chi connectivity index (χ4v) is 3.00. The molecule has 2 N–H and O–H groups in total. The molecule has 1 unspecified atom stereocenters. The van der Waals surface area contributed by atoms with Gasteiger partial charge in [0.25, 0.3) is 0 Å². The van der Waals surface area contributed by atoms with Gasteiger partial charge in [-0.25, -0.2) is 0 Å². The Morgan fingerprint density at radius 1 is 1.55 bits per heavy atom. The molecule has 1 aromatic rings. The summed E-state index contributed by atoms with van der Waals surface area (Å²) in [5.41, 5.74) is 0.367. The van der Waals surface area contributed by atoms with Crippen molar-refractivity contribution in [1.82, 2.24) is 5.32 Å². The molecule has 0 saturated carbocycles. The molecule has 1 aromatic carbocycles. The first-order valence-electron chi connectivity index (χ1n) is 6.51. The van der Waals surface area contributed by atoms with Crippen molar-refractivity contribution < 1.29 is 9.53 Å². The van der Waals surface area contributed by atoms with E-state index < -0.39 is 5.54 Å². The van der Waals surface area contributed by atoms with Crippen LogP contribution in [0.2, 0.25) is 0 Å². The summed E-state index contributed by atoms with van der Waals surface area (Å²) in [7, 11) is 1.62. The number of nitrogens with one attached hydrogen (secondary N) is 2. The second kappa shape index (κ2) is 7.29. The van der Waals surface area contributed by atoms with Crippen molar-refractivity contribution in [2.75, 3.05) is 19.0 Å². The molecule has 1 aliphatic rings. The van der Waals surface area contributed by atoms with Crippen molar-refractivity contribution in [2.45, 2.75) is 31.7 Å². The smallest absolute Gasteiger partial charge is 0.244 e. The summed E-state index contributed by atoms with van der Waals surface area (Å²) >= 11 is 3.42. The molecule has 112 valence electrons. The van der Waals surface area contributed by atoms with Gasteiger partial charge in [0.15, 0.2) is 0 Å². The van der Waals surface area contributed by atoms with Crippen LogP contribution >= 0.6 is 28.3 Å². The molecule has 0 bridgehead atoms. The normalized spacial score (nSPS) is 21.1. The summed E-state index contributed by atoms with van der Waals surface area (Å²) in [6, 6.07) is 5.54. The third-order valence-corrected chi connectivity index (χ3v) is 4.31. The maximum atomic E-state index is 12.4. The average Bonchev–Trinajstić information content (AvgIpc) is 2.89. The summed E-state index contributed by atoms with van der Waals surface area (Å²) in [5, 5.41) is 6.31. The lowest BCUT2D eigenvalue weighted by Crippen LogP contribution is -2.50. The van der Waals surface area contributed by atoms with Gasteiger partial charge in [-0.3, -0.25) is 4.79 Å². The van der Waals surface area contributed by atoms with Gasteiger partial charge < -0.3 is 15.4 Å². The Balaban J connectivity index is 0.00000200. The Kier molecular flexibility index (Phi) is 6.30. The van der Waals surface area contributed by atoms with Gasteiger partial charge in [0, 0.05) is 5.69 Å². The van der Waals surface area contributed by atoms with Crippen LogP contribution in [0.4, 0.5) is 5.69 Å². The van der Waals surface area contributed by atoms with E-state index in [1.165, 1.54) is 0 Å². The Hall–Kier alpha value is -0.780. The quantitative estimate of drug-likeness (QED) is 0.862. The van der Waals surface area contributed by atoms with E-state index in [0.717, 1.165) is 41.7 Å². The predicted molar refractivity (Wildman–Crippen MR) is 86.8 cm³/mol. The minimum Gasteiger partial charge on any atom is -0.496 e. The zero-order valence-electron chi connectivity index (χ0n) is 11.7. The molecule has 1 saturated heterocycles. The fraction of sp³-hybridized carbons (Fsp3) is 0.500. The van der Waals surface area contributed by atoms with Gasteiger partial charge in [-0.15, -0.1) is 12.4 Å². The average molecular weight is 364 g/mol. The molecule has 0 aliphatic carbocycles. The highest BCUT2D eigenvalue weighted by molar-refractivity contribution is 9.10. The molecule has 20 heavy (non-hydrogen) atoms. The first-order chi connectivity index (χ1) is 9.11. The van der Waals surface area contributed by atoms with Crippen LogP contribution in [0.5, 0.6) is 5.75 Å². The predicted octanol–water partition coefficient (Wildman–Crippen LogP) is 3.35. The lowest BCUT2D eigenvalue weighted by Gasteiger charge is -2.26. The number of anilines is 1. The van der Waals surface area contributed by atoms with Crippen molar-refractivity contribution in [3.8, 4) is 5.75 Å². The third-order valence-electron chi connectivity index (χ3n) is 3.69. The zero-order chi connectivity index (χ0) is 13.9. The highest BCUT2D eigenvalue weighted by Crippen LogP contribution is 2.29. The second-order valence-corrected chi connectivity index (χ2v) is 5.62. The molecule has 2 rings (SSSR count). The molecule has 1 heterocycles. The van der Waals surface area contributed by atoms with Gasteiger partial charge in [-0.1, -0.05) is 6.92 Å². The van der Waals surface area contributed by atoms with E-state index in [1.807, 2.05) is 25.1 Å². The standard InChI is InChI=1S/C14H19BrN2O2.ClH/c1-3-14(7-4-8-16-14)13(18)17-10-5-6-12(19-2)11(15)9-10;/h5-6,9,16H,3-4,7-8H2,1-2H3,(H,17,18);1H. The van der Waals surface area contributed by atoms with Crippen LogP contribution in [0.1, 0.15) is 26.2 Å². The summed E-state index contributed by atoms with van der Waals surface area (Å²) in [6.07, 6.45) is 2.75. The van der Waals surface area contributed by atoms with E-state index in [2.05, 4.69) is 26.6 Å². The van der Waals surface area contributed by atoms with Gasteiger partial charge in [-0.05, 0) is 59.9 Å². The SMILES string of the molecule is CCC1(C(=O)Nc2ccc(OC)c(Br)c2)CCCN1.Cl. The molecule has 1 aliphatic heterocycles. The number of hydrogen-bond acceptors (Lipinski definition) is 3. The maximum absolute atomic E-state index is 12.4. The Morgan fingerprint density at radius 2 is 2.30 bits per heavy atom. The fourth-order valence-electron chi connectivity index (χ4n) is 2.46. The van der Waals surface area contributed by atoms with Gasteiger partial charge in [0.2, 0.25) is 5.91 Å². The van der Waals surface area contributed by atoms with E-state index in [1.54, 1.807) is 7.11 Å². The summed E-state index contributed by atoms with van der Waals surface area (Å²) in [5.74, 6) is 0.798. The number of benzene rings is 1. The van der Waals surface area contributed by atoms with Gasteiger partial charge in [-0.2, -0.15) is 0 Å². The van der Waals surface area contributed by atoms with Crippen molar-refractivity contribution in [3.05, 3.63) is 22.7 Å². The molecule has 6 heteroatoms. The van der Waals surface area contributed by atoms with E-state index >= 15 is 0 Å². The van der Waals surface area contributed by atoms with Gasteiger partial charge >= 0.3 is 0 Å². The van der Waals surface area contributed by atoms with Crippen LogP contribution < -0.4 is 15.4 Å². The van der Waals surface area contributed by atoms with Crippen LogP contribution in [0.25, 0.3) is 0 Å². The number of carbonyl (C=O) groups excluding carboxylic acids is 1. The highest BCUT2D eigenvalue weighted by atomic mass is 79.9. The number of rotatable bonds is 4. The number of methoxy groups -OCH3 is 1. The first kappa shape index (κ1) is 17.3. The number of amides is 1. The minimum atomic E-state index is -0.410. The lowest BCUT2D eigenvalue weighted by atomic mass is 9.93. The molecule has 1 amide bonds. The van der Waals surface area contributed by atoms with Crippen LogP contribution in [-0.2, 0) is 4.79 Å². The zero-order valence-corrected chi connectivity index (χ0v) is 14.1. The van der Waals surface area contributed by atoms with Crippen molar-refractivity contribution in [2.24, 2.45) is 0 Å². The first-order valence-corrected chi connectivity index (χ1v) is 7.30. The van der Waals surface area contributed by atoms with E-state index in [9.17, 15) is 4.79 Å². The van der Waals surface area contributed by atoms with Gasteiger partial charge in [0.1, 0.15) is 5.75 Å². The van der Waals surface area contributed by atoms with Crippen molar-refractivity contribution in [3.63, 3.8) is 0 Å². The minimum absolute atomic E-state index is 0. The monoisotopic (exact) mass is 362 g/mol. The van der Waals surface area contributed by atoms with Gasteiger partial charge in [0.05, 0.1) is 17.1 Å². The summed E-state index contributed by atoms with van der Waals surface area (Å²) in [4.78, 5) is 12.4. The van der Waals surface area contributed by atoms with E-state index in [-0.39, 0.29) is 18.3 Å². The molecular formula is C14H20BrClN2O2. The lowest BCUT2D eigenvalue weighted by molar-refractivity contribution is -0.122. The number of hydrogen-bond donors (Lipinski definition) is 2. The van der Waals surface area contributed by atoms with Crippen molar-refractivity contribution in [1.29, 1.82) is 0 Å². The van der Waals surface area contributed by atoms with Crippen molar-refractivity contribution >= 4 is 39.9 Å². The summed E-state index contributed by atoms with van der Waals surface area (Å²) in [6.45, 7) is 2.95. The Bertz CT molecular complexity index is 476. The van der Waals surface area contributed by atoms with Crippen LogP contribution in [0.15, 0.2) is 22.7 Å². The topological polar surface area (TPSA) is 50.4 Å². The molecular weight excluding hydrogens is 344 g/mol. The molecule has 4 nitrogen and oxygen atoms in total. The number of ether oxygens (including phenoxy) is 1. The molecule has 0 spiro atoms. The maximum Gasteiger partial charge on any atom is 0.244 e. The van der Waals surface area contributed by atoms with Crippen LogP contribution in [0.3, 0.4) is 0 Å². The van der Waals surface area contributed by atoms with Crippen LogP contribution in [0, 0.1) is 0 Å². The van der Waals surface area contributed by atoms with Crippen LogP contribution in [-0.4, -0.2) is 25.1 Å².